The molecule has 2 rings (SSSR count). The van der Waals surface area contributed by atoms with E-state index in [4.69, 9.17) is 0 Å². The lowest BCUT2D eigenvalue weighted by Crippen LogP contribution is -2.12. The summed E-state index contributed by atoms with van der Waals surface area (Å²) in [5, 5.41) is 2.91. The van der Waals surface area contributed by atoms with Gasteiger partial charge in [0.25, 0.3) is 5.91 Å². The van der Waals surface area contributed by atoms with E-state index in [2.05, 4.69) is 11.4 Å². The molecule has 0 spiro atoms. The molecule has 3 heteroatoms. The summed E-state index contributed by atoms with van der Waals surface area (Å²) in [6.45, 7) is 4.03. The molecule has 1 aromatic heterocycles. The summed E-state index contributed by atoms with van der Waals surface area (Å²) in [6, 6.07) is 7.79. The number of benzene rings is 1. The first-order chi connectivity index (χ1) is 8.06. The molecule has 1 amide bonds. The van der Waals surface area contributed by atoms with Gasteiger partial charge in [0.2, 0.25) is 0 Å². The van der Waals surface area contributed by atoms with Crippen LogP contribution < -0.4 is 5.32 Å². The Balaban J connectivity index is 2.18. The smallest absolute Gasteiger partial charge is 0.257 e. The Labute approximate surface area is 101 Å². The van der Waals surface area contributed by atoms with Crippen LogP contribution in [0.5, 0.6) is 0 Å². The van der Waals surface area contributed by atoms with E-state index in [-0.39, 0.29) is 5.91 Å². The van der Waals surface area contributed by atoms with Crippen molar-refractivity contribution in [3.63, 3.8) is 0 Å². The second-order valence-corrected chi connectivity index (χ2v) is 4.34. The molecule has 0 radical (unpaired) electrons. The number of aromatic nitrogens is 1. The maximum Gasteiger partial charge on any atom is 0.257 e. The molecular weight excluding hydrogens is 212 g/mol. The average Bonchev–Trinajstić information content (AvgIpc) is 2.69. The van der Waals surface area contributed by atoms with Crippen molar-refractivity contribution in [2.45, 2.75) is 13.8 Å². The second kappa shape index (κ2) is 4.45. The first-order valence-corrected chi connectivity index (χ1v) is 5.57. The fourth-order valence-electron chi connectivity index (χ4n) is 1.79. The fraction of sp³-hybridized carbons (Fsp3) is 0.214. The Morgan fingerprint density at radius 1 is 1.24 bits per heavy atom. The Hall–Kier alpha value is -2.03. The molecule has 0 unspecified atom stereocenters. The second-order valence-electron chi connectivity index (χ2n) is 4.34. The van der Waals surface area contributed by atoms with E-state index in [0.717, 1.165) is 11.3 Å². The summed E-state index contributed by atoms with van der Waals surface area (Å²) >= 11 is 0. The maximum absolute atomic E-state index is 11.9. The van der Waals surface area contributed by atoms with Crippen LogP contribution in [0.25, 0.3) is 0 Å². The minimum absolute atomic E-state index is 0.0717. The lowest BCUT2D eigenvalue weighted by molar-refractivity contribution is 0.102. The van der Waals surface area contributed by atoms with Crippen LogP contribution in [0.4, 0.5) is 5.69 Å². The molecule has 0 saturated carbocycles. The topological polar surface area (TPSA) is 34.0 Å². The monoisotopic (exact) mass is 228 g/mol. The van der Waals surface area contributed by atoms with Crippen molar-refractivity contribution in [2.24, 2.45) is 7.05 Å². The minimum atomic E-state index is -0.0717. The van der Waals surface area contributed by atoms with Gasteiger partial charge in [-0.3, -0.25) is 4.79 Å². The van der Waals surface area contributed by atoms with Crippen molar-refractivity contribution in [2.75, 3.05) is 5.32 Å². The first-order valence-electron chi connectivity index (χ1n) is 5.57. The third-order valence-electron chi connectivity index (χ3n) is 2.72. The Bertz CT molecular complexity index is 555. The Morgan fingerprint density at radius 2 is 2.00 bits per heavy atom. The number of amides is 1. The highest BCUT2D eigenvalue weighted by Gasteiger charge is 2.08. The van der Waals surface area contributed by atoms with Gasteiger partial charge in [0, 0.05) is 25.1 Å². The molecule has 17 heavy (non-hydrogen) atoms. The molecule has 0 atom stereocenters. The SMILES string of the molecule is Cc1ccc(NC(=O)c2ccn(C)c2)c(C)c1. The normalized spacial score (nSPS) is 10.3. The van der Waals surface area contributed by atoms with E-state index in [1.165, 1.54) is 5.56 Å². The molecule has 0 aliphatic carbocycles. The zero-order valence-electron chi connectivity index (χ0n) is 10.3. The molecule has 3 nitrogen and oxygen atoms in total. The van der Waals surface area contributed by atoms with E-state index >= 15 is 0 Å². The van der Waals surface area contributed by atoms with Crippen molar-refractivity contribution < 1.29 is 4.79 Å². The number of carbonyl (C=O) groups excluding carboxylic acids is 1. The summed E-state index contributed by atoms with van der Waals surface area (Å²) in [5.41, 5.74) is 3.81. The van der Waals surface area contributed by atoms with Crippen LogP contribution in [0.3, 0.4) is 0 Å². The van der Waals surface area contributed by atoms with Gasteiger partial charge in [-0.25, -0.2) is 0 Å². The zero-order chi connectivity index (χ0) is 12.4. The van der Waals surface area contributed by atoms with Crippen LogP contribution >= 0.6 is 0 Å². The van der Waals surface area contributed by atoms with Crippen molar-refractivity contribution in [1.29, 1.82) is 0 Å². The van der Waals surface area contributed by atoms with E-state index in [9.17, 15) is 4.79 Å². The quantitative estimate of drug-likeness (QED) is 0.842. The summed E-state index contributed by atoms with van der Waals surface area (Å²) in [7, 11) is 1.90. The van der Waals surface area contributed by atoms with Gasteiger partial charge in [-0.1, -0.05) is 17.7 Å². The largest absolute Gasteiger partial charge is 0.356 e. The van der Waals surface area contributed by atoms with Gasteiger partial charge < -0.3 is 9.88 Å². The number of rotatable bonds is 2. The number of hydrogen-bond acceptors (Lipinski definition) is 1. The number of nitrogens with one attached hydrogen (secondary N) is 1. The molecule has 0 aliphatic rings. The molecule has 2 aromatic rings. The van der Waals surface area contributed by atoms with Gasteiger partial charge in [0.1, 0.15) is 0 Å². The van der Waals surface area contributed by atoms with Crippen LogP contribution in [0.1, 0.15) is 21.5 Å². The van der Waals surface area contributed by atoms with Gasteiger partial charge in [-0.05, 0) is 31.5 Å². The highest BCUT2D eigenvalue weighted by Crippen LogP contribution is 2.17. The average molecular weight is 228 g/mol. The van der Waals surface area contributed by atoms with Crippen LogP contribution in [0, 0.1) is 13.8 Å². The van der Waals surface area contributed by atoms with E-state index in [1.807, 2.05) is 43.8 Å². The van der Waals surface area contributed by atoms with Crippen LogP contribution in [-0.4, -0.2) is 10.5 Å². The van der Waals surface area contributed by atoms with Gasteiger partial charge in [-0.2, -0.15) is 0 Å². The number of nitrogens with zero attached hydrogens (tertiary/aromatic N) is 1. The number of carbonyl (C=O) groups is 1. The lowest BCUT2D eigenvalue weighted by atomic mass is 10.1. The Morgan fingerprint density at radius 3 is 2.59 bits per heavy atom. The van der Waals surface area contributed by atoms with Crippen molar-refractivity contribution in [3.8, 4) is 0 Å². The molecule has 88 valence electrons. The van der Waals surface area contributed by atoms with Gasteiger partial charge >= 0.3 is 0 Å². The minimum Gasteiger partial charge on any atom is -0.356 e. The van der Waals surface area contributed by atoms with E-state index in [0.29, 0.717) is 5.56 Å². The number of anilines is 1. The van der Waals surface area contributed by atoms with Crippen molar-refractivity contribution >= 4 is 11.6 Å². The third kappa shape index (κ3) is 2.56. The van der Waals surface area contributed by atoms with Crippen LogP contribution in [0.2, 0.25) is 0 Å². The number of aryl methyl sites for hydroxylation is 3. The molecule has 0 fully saturated rings. The van der Waals surface area contributed by atoms with Gasteiger partial charge in [0.05, 0.1) is 5.56 Å². The first kappa shape index (κ1) is 11.5. The molecule has 0 saturated heterocycles. The van der Waals surface area contributed by atoms with Crippen LogP contribution in [-0.2, 0) is 7.05 Å². The third-order valence-corrected chi connectivity index (χ3v) is 2.72. The van der Waals surface area contributed by atoms with Crippen molar-refractivity contribution in [3.05, 3.63) is 53.3 Å². The summed E-state index contributed by atoms with van der Waals surface area (Å²) < 4.78 is 1.86. The summed E-state index contributed by atoms with van der Waals surface area (Å²) in [4.78, 5) is 11.9. The van der Waals surface area contributed by atoms with E-state index < -0.39 is 0 Å². The standard InChI is InChI=1S/C14H16N2O/c1-10-4-5-13(11(2)8-10)15-14(17)12-6-7-16(3)9-12/h4-9H,1-3H3,(H,15,17). The molecule has 1 heterocycles. The van der Waals surface area contributed by atoms with Gasteiger partial charge in [-0.15, -0.1) is 0 Å². The zero-order valence-corrected chi connectivity index (χ0v) is 10.3. The lowest BCUT2D eigenvalue weighted by Gasteiger charge is -2.08. The molecular formula is C14H16N2O. The molecule has 0 aliphatic heterocycles. The summed E-state index contributed by atoms with van der Waals surface area (Å²) in [6.07, 6.45) is 3.66. The van der Waals surface area contributed by atoms with Crippen LogP contribution in [0.15, 0.2) is 36.7 Å². The van der Waals surface area contributed by atoms with E-state index in [1.54, 1.807) is 12.3 Å². The van der Waals surface area contributed by atoms with Crippen molar-refractivity contribution in [1.82, 2.24) is 4.57 Å². The fourth-order valence-corrected chi connectivity index (χ4v) is 1.79. The predicted molar refractivity (Wildman–Crippen MR) is 69.3 cm³/mol. The highest BCUT2D eigenvalue weighted by molar-refractivity contribution is 6.04. The highest BCUT2D eigenvalue weighted by atomic mass is 16.1. The molecule has 1 aromatic carbocycles. The van der Waals surface area contributed by atoms with Gasteiger partial charge in [0.15, 0.2) is 0 Å². The Kier molecular flexibility index (Phi) is 3.00. The molecule has 1 N–H and O–H groups in total. The summed E-state index contributed by atoms with van der Waals surface area (Å²) in [5.74, 6) is -0.0717. The maximum atomic E-state index is 11.9. The number of hydrogen-bond donors (Lipinski definition) is 1. The predicted octanol–water partition coefficient (Wildman–Crippen LogP) is 2.89. The molecule has 0 bridgehead atoms.